The first-order valence-electron chi connectivity index (χ1n) is 5.55. The van der Waals surface area contributed by atoms with Gasteiger partial charge in [-0.1, -0.05) is 6.92 Å². The van der Waals surface area contributed by atoms with Gasteiger partial charge in [-0.05, 0) is 19.8 Å². The van der Waals surface area contributed by atoms with Gasteiger partial charge in [0.05, 0.1) is 6.20 Å². The Labute approximate surface area is 91.6 Å². The van der Waals surface area contributed by atoms with Gasteiger partial charge in [0, 0.05) is 32.4 Å². The molecular formula is C11H21N3O. The summed E-state index contributed by atoms with van der Waals surface area (Å²) in [5.74, 6) is 1.10. The molecule has 0 fully saturated rings. The molecule has 0 aliphatic heterocycles. The highest BCUT2D eigenvalue weighted by Crippen LogP contribution is 2.09. The van der Waals surface area contributed by atoms with Gasteiger partial charge in [0.15, 0.2) is 0 Å². The highest BCUT2D eigenvalue weighted by Gasteiger charge is 2.05. The van der Waals surface area contributed by atoms with E-state index in [9.17, 15) is 0 Å². The molecule has 0 radical (unpaired) electrons. The Balaban J connectivity index is 2.44. The maximum Gasteiger partial charge on any atom is 0.124 e. The minimum atomic E-state index is 0.414. The summed E-state index contributed by atoms with van der Waals surface area (Å²) in [5, 5.41) is 7.69. The van der Waals surface area contributed by atoms with Gasteiger partial charge >= 0.3 is 0 Å². The zero-order valence-electron chi connectivity index (χ0n) is 9.86. The third-order valence-electron chi connectivity index (χ3n) is 2.30. The Kier molecular flexibility index (Phi) is 5.18. The predicted molar refractivity (Wildman–Crippen MR) is 62.1 cm³/mol. The van der Waals surface area contributed by atoms with Crippen LogP contribution in [0, 0.1) is 0 Å². The summed E-state index contributed by atoms with van der Waals surface area (Å²) < 4.78 is 7.05. The third kappa shape index (κ3) is 3.91. The van der Waals surface area contributed by atoms with Crippen LogP contribution in [0.2, 0.25) is 0 Å². The fourth-order valence-corrected chi connectivity index (χ4v) is 1.46. The van der Waals surface area contributed by atoms with Gasteiger partial charge in [-0.2, -0.15) is 5.10 Å². The first-order chi connectivity index (χ1) is 7.27. The first-order valence-corrected chi connectivity index (χ1v) is 5.55. The van der Waals surface area contributed by atoms with E-state index in [1.807, 2.05) is 16.9 Å². The van der Waals surface area contributed by atoms with Crippen LogP contribution < -0.4 is 5.32 Å². The second-order valence-corrected chi connectivity index (χ2v) is 3.77. The number of hydrogen-bond acceptors (Lipinski definition) is 3. The van der Waals surface area contributed by atoms with Crippen molar-refractivity contribution in [3.8, 4) is 0 Å². The van der Waals surface area contributed by atoms with Crippen molar-refractivity contribution in [3.05, 3.63) is 12.3 Å². The molecule has 0 amide bonds. The van der Waals surface area contributed by atoms with E-state index in [0.29, 0.717) is 6.04 Å². The van der Waals surface area contributed by atoms with Crippen molar-refractivity contribution in [1.29, 1.82) is 0 Å². The van der Waals surface area contributed by atoms with Gasteiger partial charge in [0.1, 0.15) is 5.82 Å². The molecular weight excluding hydrogens is 190 g/mol. The SMILES string of the molecule is CCCn1nccc1NC(C)CCOC. The molecule has 1 aromatic rings. The average molecular weight is 211 g/mol. The zero-order valence-corrected chi connectivity index (χ0v) is 9.86. The van der Waals surface area contributed by atoms with Crippen LogP contribution >= 0.6 is 0 Å². The first kappa shape index (κ1) is 12.0. The average Bonchev–Trinajstić information content (AvgIpc) is 2.63. The van der Waals surface area contributed by atoms with Gasteiger partial charge < -0.3 is 10.1 Å². The molecule has 4 nitrogen and oxygen atoms in total. The number of anilines is 1. The van der Waals surface area contributed by atoms with E-state index in [0.717, 1.165) is 31.8 Å². The molecule has 1 N–H and O–H groups in total. The third-order valence-corrected chi connectivity index (χ3v) is 2.30. The standard InChI is InChI=1S/C11H21N3O/c1-4-8-14-11(5-7-12-14)13-10(2)6-9-15-3/h5,7,10,13H,4,6,8-9H2,1-3H3. The van der Waals surface area contributed by atoms with Crippen molar-refractivity contribution in [2.45, 2.75) is 39.3 Å². The molecule has 0 aromatic carbocycles. The number of nitrogens with zero attached hydrogens (tertiary/aromatic N) is 2. The van der Waals surface area contributed by atoms with Gasteiger partial charge in [0.2, 0.25) is 0 Å². The van der Waals surface area contributed by atoms with Crippen molar-refractivity contribution in [2.75, 3.05) is 19.0 Å². The minimum absolute atomic E-state index is 0.414. The quantitative estimate of drug-likeness (QED) is 0.751. The summed E-state index contributed by atoms with van der Waals surface area (Å²) in [6.45, 7) is 6.06. The van der Waals surface area contributed by atoms with E-state index in [1.165, 1.54) is 0 Å². The summed E-state index contributed by atoms with van der Waals surface area (Å²) in [4.78, 5) is 0. The lowest BCUT2D eigenvalue weighted by molar-refractivity contribution is 0.191. The Bertz CT molecular complexity index is 273. The number of rotatable bonds is 7. The topological polar surface area (TPSA) is 39.1 Å². The Morgan fingerprint density at radius 2 is 2.40 bits per heavy atom. The van der Waals surface area contributed by atoms with Gasteiger partial charge in [0.25, 0.3) is 0 Å². The Morgan fingerprint density at radius 1 is 1.60 bits per heavy atom. The molecule has 1 rings (SSSR count). The fraction of sp³-hybridized carbons (Fsp3) is 0.727. The summed E-state index contributed by atoms with van der Waals surface area (Å²) in [7, 11) is 1.73. The maximum absolute atomic E-state index is 5.05. The second kappa shape index (κ2) is 6.45. The molecule has 0 bridgehead atoms. The van der Waals surface area contributed by atoms with Gasteiger partial charge in [-0.25, -0.2) is 4.68 Å². The number of methoxy groups -OCH3 is 1. The summed E-state index contributed by atoms with van der Waals surface area (Å²) in [6, 6.07) is 2.43. The van der Waals surface area contributed by atoms with Crippen LogP contribution in [0.5, 0.6) is 0 Å². The molecule has 0 saturated heterocycles. The fourth-order valence-electron chi connectivity index (χ4n) is 1.46. The molecule has 0 spiro atoms. The zero-order chi connectivity index (χ0) is 11.1. The molecule has 86 valence electrons. The number of aromatic nitrogens is 2. The van der Waals surface area contributed by atoms with Crippen molar-refractivity contribution in [2.24, 2.45) is 0 Å². The normalized spacial score (nSPS) is 12.7. The molecule has 1 heterocycles. The molecule has 0 saturated carbocycles. The molecule has 0 aliphatic carbocycles. The predicted octanol–water partition coefficient (Wildman–Crippen LogP) is 2.13. The molecule has 4 heteroatoms. The molecule has 1 atom stereocenters. The highest BCUT2D eigenvalue weighted by atomic mass is 16.5. The second-order valence-electron chi connectivity index (χ2n) is 3.77. The van der Waals surface area contributed by atoms with Crippen LogP contribution in [0.3, 0.4) is 0 Å². The van der Waals surface area contributed by atoms with Gasteiger partial charge in [-0.3, -0.25) is 0 Å². The van der Waals surface area contributed by atoms with Crippen molar-refractivity contribution < 1.29 is 4.74 Å². The van der Waals surface area contributed by atoms with E-state index < -0.39 is 0 Å². The summed E-state index contributed by atoms with van der Waals surface area (Å²) >= 11 is 0. The summed E-state index contributed by atoms with van der Waals surface area (Å²) in [6.07, 6.45) is 3.94. The number of hydrogen-bond donors (Lipinski definition) is 1. The minimum Gasteiger partial charge on any atom is -0.385 e. The smallest absolute Gasteiger partial charge is 0.124 e. The van der Waals surface area contributed by atoms with Crippen LogP contribution in [-0.2, 0) is 11.3 Å². The number of nitrogens with one attached hydrogen (secondary N) is 1. The van der Waals surface area contributed by atoms with E-state index in [4.69, 9.17) is 4.74 Å². The van der Waals surface area contributed by atoms with Crippen molar-refractivity contribution in [3.63, 3.8) is 0 Å². The number of ether oxygens (including phenoxy) is 1. The van der Waals surface area contributed by atoms with Crippen molar-refractivity contribution in [1.82, 2.24) is 9.78 Å². The van der Waals surface area contributed by atoms with E-state index in [1.54, 1.807) is 7.11 Å². The van der Waals surface area contributed by atoms with Gasteiger partial charge in [-0.15, -0.1) is 0 Å². The summed E-state index contributed by atoms with van der Waals surface area (Å²) in [5.41, 5.74) is 0. The van der Waals surface area contributed by atoms with E-state index in [2.05, 4.69) is 24.3 Å². The maximum atomic E-state index is 5.05. The van der Waals surface area contributed by atoms with Crippen LogP contribution in [-0.4, -0.2) is 29.5 Å². The van der Waals surface area contributed by atoms with Crippen LogP contribution in [0.4, 0.5) is 5.82 Å². The Morgan fingerprint density at radius 3 is 3.07 bits per heavy atom. The molecule has 15 heavy (non-hydrogen) atoms. The van der Waals surface area contributed by atoms with E-state index in [-0.39, 0.29) is 0 Å². The van der Waals surface area contributed by atoms with Crippen molar-refractivity contribution >= 4 is 5.82 Å². The lowest BCUT2D eigenvalue weighted by atomic mass is 10.2. The lowest BCUT2D eigenvalue weighted by Gasteiger charge is -2.15. The molecule has 1 aromatic heterocycles. The Hall–Kier alpha value is -1.03. The highest BCUT2D eigenvalue weighted by molar-refractivity contribution is 5.34. The largest absolute Gasteiger partial charge is 0.385 e. The van der Waals surface area contributed by atoms with Crippen LogP contribution in [0.15, 0.2) is 12.3 Å². The lowest BCUT2D eigenvalue weighted by Crippen LogP contribution is -2.19. The monoisotopic (exact) mass is 211 g/mol. The van der Waals surface area contributed by atoms with Crippen LogP contribution in [0.25, 0.3) is 0 Å². The molecule has 0 aliphatic rings. The number of aryl methyl sites for hydroxylation is 1. The molecule has 1 unspecified atom stereocenters. The van der Waals surface area contributed by atoms with Crippen LogP contribution in [0.1, 0.15) is 26.7 Å². The van der Waals surface area contributed by atoms with E-state index >= 15 is 0 Å².